The number of ether oxygens (including phenoxy) is 3. The first kappa shape index (κ1) is 31.9. The number of halogens is 1. The number of hydrogen-bond donors (Lipinski definition) is 2. The number of nitrogens with zero attached hydrogens (tertiary/aromatic N) is 2. The Morgan fingerprint density at radius 2 is 1.80 bits per heavy atom. The molecule has 2 saturated heterocycles. The maximum atomic E-state index is 14.4. The van der Waals surface area contributed by atoms with Crippen LogP contribution in [-0.2, 0) is 33.4 Å². The van der Waals surface area contributed by atoms with Crippen LogP contribution in [0.5, 0.6) is 0 Å². The smallest absolute Gasteiger partial charge is 0.313 e. The van der Waals surface area contributed by atoms with Gasteiger partial charge in [-0.2, -0.15) is 0 Å². The second-order valence-corrected chi connectivity index (χ2v) is 12.2. The standard InChI is InChI=1S/C34H36ClN3O8/c1-44-20-23-29(21-10-3-2-4-11-21)45-33(43)27-25(14-7-8-15-26(40)36-23)46-34-16-9-17-37(24-13-6-5-12-22(24)35)32(42)30(34)38(18-19-39)31(41)28(27)34/h2-7,9-14,16,23,25,27-30,39H,8,15,17-20H2,1H3,(H,36,40)/b14-7-/t23-,25-,27+,28+,29-,30-,34+/m0/s1. The predicted octanol–water partition coefficient (Wildman–Crippen LogP) is 2.58. The number of anilines is 1. The highest BCUT2D eigenvalue weighted by atomic mass is 35.5. The lowest BCUT2D eigenvalue weighted by molar-refractivity contribution is -0.162. The molecule has 7 atom stereocenters. The summed E-state index contributed by atoms with van der Waals surface area (Å²) < 4.78 is 18.3. The molecule has 0 radical (unpaired) electrons. The number of aliphatic hydroxyl groups excluding tert-OH is 1. The number of hydrogen-bond acceptors (Lipinski definition) is 8. The van der Waals surface area contributed by atoms with Gasteiger partial charge in [0, 0.05) is 26.6 Å². The van der Waals surface area contributed by atoms with Gasteiger partial charge in [-0.25, -0.2) is 0 Å². The van der Waals surface area contributed by atoms with Gasteiger partial charge in [0.15, 0.2) is 0 Å². The van der Waals surface area contributed by atoms with E-state index in [-0.39, 0.29) is 32.0 Å². The van der Waals surface area contributed by atoms with E-state index in [9.17, 15) is 24.3 Å². The molecule has 4 heterocycles. The third-order valence-corrected chi connectivity index (χ3v) is 9.36. The summed E-state index contributed by atoms with van der Waals surface area (Å²) in [7, 11) is 1.49. The lowest BCUT2D eigenvalue weighted by atomic mass is 9.77. The summed E-state index contributed by atoms with van der Waals surface area (Å²) in [6.07, 6.45) is 5.49. The van der Waals surface area contributed by atoms with Gasteiger partial charge in [0.25, 0.3) is 5.91 Å². The van der Waals surface area contributed by atoms with E-state index in [0.717, 1.165) is 0 Å². The largest absolute Gasteiger partial charge is 0.455 e. The quantitative estimate of drug-likeness (QED) is 0.360. The van der Waals surface area contributed by atoms with E-state index in [0.29, 0.717) is 22.7 Å². The molecule has 0 aliphatic carbocycles. The van der Waals surface area contributed by atoms with Crippen molar-refractivity contribution < 1.29 is 38.5 Å². The Bertz CT molecular complexity index is 1550. The molecule has 4 aliphatic heterocycles. The van der Waals surface area contributed by atoms with Crippen molar-refractivity contribution in [2.75, 3.05) is 38.3 Å². The van der Waals surface area contributed by atoms with Crippen LogP contribution < -0.4 is 10.2 Å². The van der Waals surface area contributed by atoms with Gasteiger partial charge in [0.2, 0.25) is 11.8 Å². The number of benzene rings is 2. The van der Waals surface area contributed by atoms with Crippen molar-refractivity contribution >= 4 is 41.0 Å². The summed E-state index contributed by atoms with van der Waals surface area (Å²) in [4.78, 5) is 58.9. The number of carbonyl (C=O) groups is 4. The molecule has 46 heavy (non-hydrogen) atoms. The van der Waals surface area contributed by atoms with Gasteiger partial charge in [-0.1, -0.05) is 78.4 Å². The maximum absolute atomic E-state index is 14.4. The number of para-hydroxylation sites is 1. The van der Waals surface area contributed by atoms with Crippen molar-refractivity contribution in [1.29, 1.82) is 0 Å². The van der Waals surface area contributed by atoms with E-state index >= 15 is 0 Å². The van der Waals surface area contributed by atoms with Crippen LogP contribution in [-0.4, -0.2) is 90.9 Å². The Morgan fingerprint density at radius 1 is 1.04 bits per heavy atom. The number of aliphatic hydroxyl groups is 1. The van der Waals surface area contributed by atoms with E-state index in [1.54, 1.807) is 72.8 Å². The van der Waals surface area contributed by atoms with Crippen LogP contribution in [0.15, 0.2) is 78.9 Å². The minimum atomic E-state index is -1.54. The summed E-state index contributed by atoms with van der Waals surface area (Å²) in [6, 6.07) is 14.0. The van der Waals surface area contributed by atoms with Gasteiger partial charge in [0.1, 0.15) is 23.7 Å². The zero-order valence-electron chi connectivity index (χ0n) is 25.3. The molecule has 3 amide bonds. The number of amides is 3. The van der Waals surface area contributed by atoms with E-state index in [1.807, 2.05) is 6.07 Å². The average Bonchev–Trinajstić information content (AvgIpc) is 3.43. The number of likely N-dealkylation sites (tertiary alicyclic amines) is 1. The molecule has 2 fully saturated rings. The van der Waals surface area contributed by atoms with E-state index in [2.05, 4.69) is 5.32 Å². The Labute approximate surface area is 271 Å². The second-order valence-electron chi connectivity index (χ2n) is 11.8. The molecule has 4 aliphatic rings. The number of carbonyl (C=O) groups excluding carboxylic acids is 4. The number of nitrogens with one attached hydrogen (secondary N) is 1. The fraction of sp³-hybridized carbons (Fsp3) is 0.412. The predicted molar refractivity (Wildman–Crippen MR) is 168 cm³/mol. The SMILES string of the molecule is COC[C@@H]1NC(=O)CC/C=C\[C@@H]2O[C@@]34C=CCN(c5ccccc5Cl)C(=O)[C@@H]3N(CCO)C(=O)[C@H]4[C@@H]2C(=O)O[C@H]1c1ccccc1. The van der Waals surface area contributed by atoms with Crippen molar-refractivity contribution in [2.45, 2.75) is 42.7 Å². The van der Waals surface area contributed by atoms with Crippen LogP contribution in [0, 0.1) is 11.8 Å². The third-order valence-electron chi connectivity index (χ3n) is 9.04. The van der Waals surface area contributed by atoms with Crippen LogP contribution in [0.2, 0.25) is 5.02 Å². The molecule has 2 aromatic carbocycles. The van der Waals surface area contributed by atoms with Gasteiger partial charge in [-0.05, 0) is 24.1 Å². The topological polar surface area (TPSA) is 135 Å². The third kappa shape index (κ3) is 5.62. The Balaban J connectivity index is 1.44. The highest BCUT2D eigenvalue weighted by molar-refractivity contribution is 6.34. The summed E-state index contributed by atoms with van der Waals surface area (Å²) in [5.41, 5.74) is -0.444. The number of fused-ring (bicyclic) bond motifs is 2. The van der Waals surface area contributed by atoms with Gasteiger partial charge in [-0.15, -0.1) is 0 Å². The number of methoxy groups -OCH3 is 1. The summed E-state index contributed by atoms with van der Waals surface area (Å²) in [5, 5.41) is 13.3. The fourth-order valence-electron chi connectivity index (χ4n) is 7.12. The maximum Gasteiger partial charge on any atom is 0.313 e. The zero-order valence-corrected chi connectivity index (χ0v) is 26.0. The van der Waals surface area contributed by atoms with Crippen LogP contribution >= 0.6 is 11.6 Å². The van der Waals surface area contributed by atoms with E-state index in [1.165, 1.54) is 16.9 Å². The molecule has 0 saturated carbocycles. The first-order valence-corrected chi connectivity index (χ1v) is 15.7. The molecule has 2 aromatic rings. The lowest BCUT2D eigenvalue weighted by Gasteiger charge is -2.35. The van der Waals surface area contributed by atoms with Gasteiger partial charge >= 0.3 is 5.97 Å². The van der Waals surface area contributed by atoms with Crippen molar-refractivity contribution in [2.24, 2.45) is 11.8 Å². The van der Waals surface area contributed by atoms with Crippen molar-refractivity contribution in [3.63, 3.8) is 0 Å². The summed E-state index contributed by atoms with van der Waals surface area (Å²) in [5.74, 6) is -4.17. The average molecular weight is 650 g/mol. The van der Waals surface area contributed by atoms with Crippen molar-refractivity contribution in [1.82, 2.24) is 10.2 Å². The minimum absolute atomic E-state index is 0.0623. The molecule has 11 nitrogen and oxygen atoms in total. The van der Waals surface area contributed by atoms with E-state index < -0.39 is 66.1 Å². The van der Waals surface area contributed by atoms with E-state index in [4.69, 9.17) is 25.8 Å². The molecule has 0 aromatic heterocycles. The van der Waals surface area contributed by atoms with Crippen LogP contribution in [0.1, 0.15) is 24.5 Å². The molecular weight excluding hydrogens is 614 g/mol. The first-order valence-electron chi connectivity index (χ1n) is 15.3. The normalized spacial score (nSPS) is 32.0. The van der Waals surface area contributed by atoms with Crippen molar-refractivity contribution in [3.05, 3.63) is 89.5 Å². The number of cyclic esters (lactones) is 1. The van der Waals surface area contributed by atoms with Gasteiger partial charge in [-0.3, -0.25) is 19.2 Å². The highest BCUT2D eigenvalue weighted by Crippen LogP contribution is 2.53. The number of esters is 1. The summed E-state index contributed by atoms with van der Waals surface area (Å²) in [6.45, 7) is -0.331. The lowest BCUT2D eigenvalue weighted by Crippen LogP contribution is -2.55. The van der Waals surface area contributed by atoms with Gasteiger partial charge < -0.3 is 34.4 Å². The van der Waals surface area contributed by atoms with Crippen LogP contribution in [0.4, 0.5) is 5.69 Å². The van der Waals surface area contributed by atoms with Crippen molar-refractivity contribution in [3.8, 4) is 0 Å². The first-order chi connectivity index (χ1) is 22.3. The second kappa shape index (κ2) is 13.4. The molecule has 1 spiro atoms. The van der Waals surface area contributed by atoms with Crippen LogP contribution in [0.3, 0.4) is 0 Å². The molecule has 6 rings (SSSR count). The molecule has 0 unspecified atom stereocenters. The molecule has 0 bridgehead atoms. The molecule has 12 heteroatoms. The Kier molecular flexibility index (Phi) is 9.28. The number of allylic oxidation sites excluding steroid dienone is 1. The minimum Gasteiger partial charge on any atom is -0.455 e. The highest BCUT2D eigenvalue weighted by Gasteiger charge is 2.72. The molecule has 242 valence electrons. The van der Waals surface area contributed by atoms with Gasteiger partial charge in [0.05, 0.1) is 42.0 Å². The monoisotopic (exact) mass is 649 g/mol. The zero-order chi connectivity index (χ0) is 32.4. The molecular formula is C34H36ClN3O8. The fourth-order valence-corrected chi connectivity index (χ4v) is 7.36. The van der Waals surface area contributed by atoms with Crippen LogP contribution in [0.25, 0.3) is 0 Å². The number of β-amino-alcohol motifs (C(OH)–C–C–N with tert-alkyl or cyclic N) is 1. The molecule has 2 N–H and O–H groups in total. The Morgan fingerprint density at radius 3 is 2.54 bits per heavy atom. The summed E-state index contributed by atoms with van der Waals surface area (Å²) >= 11 is 6.50. The Hall–Kier alpha value is -4.03. The number of rotatable bonds is 6.